The van der Waals surface area contributed by atoms with Crippen LogP contribution in [0.25, 0.3) is 10.9 Å². The van der Waals surface area contributed by atoms with Gasteiger partial charge in [0.15, 0.2) is 0 Å². The van der Waals surface area contributed by atoms with Crippen molar-refractivity contribution in [1.82, 2.24) is 9.97 Å². The van der Waals surface area contributed by atoms with E-state index in [0.717, 1.165) is 59.7 Å². The van der Waals surface area contributed by atoms with Crippen molar-refractivity contribution in [3.05, 3.63) is 53.6 Å². The van der Waals surface area contributed by atoms with Crippen LogP contribution in [0.1, 0.15) is 24.0 Å². The molecule has 36 heavy (non-hydrogen) atoms. The van der Waals surface area contributed by atoms with Gasteiger partial charge in [-0.1, -0.05) is 29.8 Å². The Morgan fingerprint density at radius 2 is 2.03 bits per heavy atom. The quantitative estimate of drug-likeness (QED) is 0.580. The summed E-state index contributed by atoms with van der Waals surface area (Å²) < 4.78 is 24.6. The minimum atomic E-state index is -2.55. The molecule has 3 atom stereocenters. The monoisotopic (exact) mass is 506 g/mol. The van der Waals surface area contributed by atoms with Gasteiger partial charge in [0.2, 0.25) is 5.95 Å². The van der Waals surface area contributed by atoms with E-state index in [1.165, 1.54) is 5.56 Å². The summed E-state index contributed by atoms with van der Waals surface area (Å²) in [7, 11) is -2.55. The first-order valence-electron chi connectivity index (χ1n) is 12.9. The minimum Gasteiger partial charge on any atom is -0.381 e. The van der Waals surface area contributed by atoms with Crippen LogP contribution < -0.4 is 15.5 Å². The topological polar surface area (TPSA) is 96.9 Å². The van der Waals surface area contributed by atoms with Crippen LogP contribution in [0.3, 0.4) is 0 Å². The van der Waals surface area contributed by atoms with Gasteiger partial charge in [0.25, 0.3) is 0 Å². The Morgan fingerprint density at radius 1 is 1.14 bits per heavy atom. The van der Waals surface area contributed by atoms with Gasteiger partial charge in [-0.25, -0.2) is 13.6 Å². The Labute approximate surface area is 213 Å². The molecule has 9 heteroatoms. The van der Waals surface area contributed by atoms with Crippen LogP contribution in [0.15, 0.2) is 51.7 Å². The Morgan fingerprint density at radius 3 is 2.83 bits per heavy atom. The lowest BCUT2D eigenvalue weighted by Gasteiger charge is -2.25. The predicted molar refractivity (Wildman–Crippen MR) is 144 cm³/mol. The number of rotatable bonds is 4. The SMILES string of the molecule is Cc1ccc2nc(N3CCS(=O)(=NCC4CCOC4)c4ccccc4C3)nc(N3CC[C@H](N)C3)c2c1. The fourth-order valence-electron chi connectivity index (χ4n) is 5.41. The molecule has 6 rings (SSSR count). The molecule has 0 amide bonds. The number of benzene rings is 2. The predicted octanol–water partition coefficient (Wildman–Crippen LogP) is 3.36. The molecule has 2 unspecified atom stereocenters. The summed E-state index contributed by atoms with van der Waals surface area (Å²) >= 11 is 0. The number of fused-ring (bicyclic) bond motifs is 2. The summed E-state index contributed by atoms with van der Waals surface area (Å²) in [4.78, 5) is 15.4. The number of hydrogen-bond acceptors (Lipinski definition) is 8. The van der Waals surface area contributed by atoms with Crippen molar-refractivity contribution in [3.63, 3.8) is 0 Å². The van der Waals surface area contributed by atoms with Crippen molar-refractivity contribution in [2.75, 3.05) is 54.9 Å². The molecule has 3 aromatic rings. The molecule has 4 heterocycles. The number of ether oxygens (including phenoxy) is 1. The van der Waals surface area contributed by atoms with Crippen LogP contribution in [-0.4, -0.2) is 65.4 Å². The molecule has 3 aliphatic heterocycles. The van der Waals surface area contributed by atoms with E-state index in [9.17, 15) is 4.21 Å². The van der Waals surface area contributed by atoms with Crippen molar-refractivity contribution in [2.24, 2.45) is 16.0 Å². The summed E-state index contributed by atoms with van der Waals surface area (Å²) in [6, 6.07) is 14.5. The lowest BCUT2D eigenvalue weighted by molar-refractivity contribution is 0.187. The number of aromatic nitrogens is 2. The van der Waals surface area contributed by atoms with Crippen molar-refractivity contribution in [3.8, 4) is 0 Å². The molecule has 0 aliphatic carbocycles. The summed E-state index contributed by atoms with van der Waals surface area (Å²) in [5.41, 5.74) is 9.38. The molecule has 1 aromatic heterocycles. The molecule has 2 fully saturated rings. The normalized spacial score (nSPS) is 26.3. The Balaban J connectivity index is 1.39. The zero-order valence-electron chi connectivity index (χ0n) is 20.8. The van der Waals surface area contributed by atoms with Crippen molar-refractivity contribution in [1.29, 1.82) is 0 Å². The van der Waals surface area contributed by atoms with E-state index in [2.05, 4.69) is 41.0 Å². The Bertz CT molecular complexity index is 1400. The maximum atomic E-state index is 14.2. The van der Waals surface area contributed by atoms with E-state index >= 15 is 0 Å². The van der Waals surface area contributed by atoms with Crippen molar-refractivity contribution in [2.45, 2.75) is 37.2 Å². The Kier molecular flexibility index (Phi) is 6.31. The molecule has 0 bridgehead atoms. The van der Waals surface area contributed by atoms with E-state index in [1.807, 2.05) is 18.2 Å². The van der Waals surface area contributed by atoms with E-state index in [0.29, 0.717) is 43.9 Å². The van der Waals surface area contributed by atoms with E-state index in [-0.39, 0.29) is 6.04 Å². The maximum absolute atomic E-state index is 14.2. The third kappa shape index (κ3) is 4.55. The van der Waals surface area contributed by atoms with Crippen LogP contribution >= 0.6 is 0 Å². The van der Waals surface area contributed by atoms with Crippen LogP contribution in [0.2, 0.25) is 0 Å². The molecular weight excluding hydrogens is 472 g/mol. The second-order valence-electron chi connectivity index (χ2n) is 10.3. The number of hydrogen-bond donors (Lipinski definition) is 1. The number of nitrogens with zero attached hydrogens (tertiary/aromatic N) is 5. The van der Waals surface area contributed by atoms with Crippen LogP contribution in [-0.2, 0) is 21.0 Å². The van der Waals surface area contributed by atoms with Crippen molar-refractivity contribution >= 4 is 32.4 Å². The lowest BCUT2D eigenvalue weighted by atomic mass is 10.1. The average molecular weight is 507 g/mol. The number of nitrogens with two attached hydrogens (primary N) is 1. The fourth-order valence-corrected chi connectivity index (χ4v) is 7.65. The molecule has 0 saturated carbocycles. The first-order valence-corrected chi connectivity index (χ1v) is 14.6. The minimum absolute atomic E-state index is 0.157. The van der Waals surface area contributed by atoms with E-state index < -0.39 is 9.73 Å². The molecule has 2 aromatic carbocycles. The molecule has 0 radical (unpaired) electrons. The van der Waals surface area contributed by atoms with Gasteiger partial charge in [-0.3, -0.25) is 0 Å². The first-order chi connectivity index (χ1) is 17.5. The Hall–Kier alpha value is -2.75. The van der Waals surface area contributed by atoms with Gasteiger partial charge in [-0.05, 0) is 43.5 Å². The number of anilines is 2. The average Bonchev–Trinajstić information content (AvgIpc) is 3.54. The zero-order valence-corrected chi connectivity index (χ0v) is 21.6. The smallest absolute Gasteiger partial charge is 0.228 e. The summed E-state index contributed by atoms with van der Waals surface area (Å²) in [6.45, 7) is 7.02. The lowest BCUT2D eigenvalue weighted by Crippen LogP contribution is -2.30. The van der Waals surface area contributed by atoms with E-state index in [1.54, 1.807) is 0 Å². The summed E-state index contributed by atoms with van der Waals surface area (Å²) in [5.74, 6) is 2.42. The van der Waals surface area contributed by atoms with Gasteiger partial charge in [-0.2, -0.15) is 4.98 Å². The highest BCUT2D eigenvalue weighted by Gasteiger charge is 2.28. The molecule has 2 N–H and O–H groups in total. The third-order valence-corrected chi connectivity index (χ3v) is 9.89. The zero-order chi connectivity index (χ0) is 24.7. The number of aryl methyl sites for hydroxylation is 1. The summed E-state index contributed by atoms with van der Waals surface area (Å²) in [6.07, 6.45) is 1.94. The van der Waals surface area contributed by atoms with Gasteiger partial charge in [-0.15, -0.1) is 0 Å². The standard InChI is InChI=1S/C27H34N6O2S/c1-19-6-7-24-23(14-19)26(32-10-8-22(28)17-32)31-27(30-24)33-11-13-36(34,29-15-20-9-12-35-18-20)25-5-3-2-4-21(25)16-33/h2-7,14,20,22H,8-13,15-18,28H2,1H3/t20?,22-,36?/m0/s1. The van der Waals surface area contributed by atoms with E-state index in [4.69, 9.17) is 24.8 Å². The van der Waals surface area contributed by atoms with Crippen LogP contribution in [0.5, 0.6) is 0 Å². The second kappa shape index (κ2) is 9.61. The fraction of sp³-hybridized carbons (Fsp3) is 0.481. The molecular formula is C27H34N6O2S. The molecule has 8 nitrogen and oxygen atoms in total. The van der Waals surface area contributed by atoms with Crippen LogP contribution in [0.4, 0.5) is 11.8 Å². The molecule has 190 valence electrons. The van der Waals surface area contributed by atoms with Crippen molar-refractivity contribution < 1.29 is 8.95 Å². The molecule has 3 aliphatic rings. The van der Waals surface area contributed by atoms with Gasteiger partial charge < -0.3 is 20.3 Å². The highest BCUT2D eigenvalue weighted by Crippen LogP contribution is 2.32. The van der Waals surface area contributed by atoms with Gasteiger partial charge in [0.05, 0.1) is 39.0 Å². The van der Waals surface area contributed by atoms with Gasteiger partial charge in [0.1, 0.15) is 5.82 Å². The molecule has 0 spiro atoms. The largest absolute Gasteiger partial charge is 0.381 e. The maximum Gasteiger partial charge on any atom is 0.228 e. The second-order valence-corrected chi connectivity index (χ2v) is 12.7. The summed E-state index contributed by atoms with van der Waals surface area (Å²) in [5, 5.41) is 1.06. The van der Waals surface area contributed by atoms with Gasteiger partial charge in [0, 0.05) is 50.1 Å². The first kappa shape index (κ1) is 23.6. The van der Waals surface area contributed by atoms with Gasteiger partial charge >= 0.3 is 0 Å². The van der Waals surface area contributed by atoms with Crippen LogP contribution in [0, 0.1) is 12.8 Å². The highest BCUT2D eigenvalue weighted by atomic mass is 32.2. The third-order valence-electron chi connectivity index (χ3n) is 7.51. The molecule has 2 saturated heterocycles. The highest BCUT2D eigenvalue weighted by molar-refractivity contribution is 7.93.